The van der Waals surface area contributed by atoms with Gasteiger partial charge in [0.05, 0.1) is 0 Å². The molecule has 2 aromatic rings. The first-order valence-electron chi connectivity index (χ1n) is 5.98. The molecule has 2 heterocycles. The van der Waals surface area contributed by atoms with E-state index in [4.69, 9.17) is 4.74 Å². The number of carbonyl (C=O) groups excluding carboxylic acids is 1. The van der Waals surface area contributed by atoms with E-state index in [1.165, 1.54) is 18.2 Å². The van der Waals surface area contributed by atoms with Crippen LogP contribution in [0.1, 0.15) is 27.2 Å². The number of rotatable bonds is 1. The predicted molar refractivity (Wildman–Crippen MR) is 71.5 cm³/mol. The molecule has 1 N–H and O–H groups in total. The van der Waals surface area contributed by atoms with E-state index < -0.39 is 11.5 Å². The van der Waals surface area contributed by atoms with Crippen LogP contribution in [0.25, 0.3) is 11.8 Å². The standard InChI is InChI=1S/C15H10FNO3/c1-8-5-11-12(7-9-3-2-4-10(16)6-9)20-15(19)13(11)14(18)17-8/h2-7H,1H3,(H,17,18)/b12-7-. The number of aromatic amines is 1. The van der Waals surface area contributed by atoms with Crippen molar-refractivity contribution >= 4 is 17.8 Å². The minimum atomic E-state index is -0.691. The van der Waals surface area contributed by atoms with Crippen LogP contribution in [0.15, 0.2) is 35.1 Å². The molecule has 1 aromatic heterocycles. The zero-order chi connectivity index (χ0) is 14.3. The van der Waals surface area contributed by atoms with Gasteiger partial charge in [-0.05, 0) is 36.8 Å². The second-order valence-electron chi connectivity index (χ2n) is 4.52. The summed E-state index contributed by atoms with van der Waals surface area (Å²) < 4.78 is 18.2. The number of carbonyl (C=O) groups is 1. The van der Waals surface area contributed by atoms with Gasteiger partial charge in [-0.15, -0.1) is 0 Å². The van der Waals surface area contributed by atoms with Gasteiger partial charge in [0.15, 0.2) is 0 Å². The minimum absolute atomic E-state index is 0.0155. The Bertz CT molecular complexity index is 805. The Morgan fingerprint density at radius 3 is 2.80 bits per heavy atom. The van der Waals surface area contributed by atoms with Crippen molar-refractivity contribution < 1.29 is 13.9 Å². The molecule has 0 unspecified atom stereocenters. The number of hydrogen-bond donors (Lipinski definition) is 1. The van der Waals surface area contributed by atoms with Gasteiger partial charge in [-0.2, -0.15) is 0 Å². The Morgan fingerprint density at radius 2 is 2.05 bits per heavy atom. The number of H-pyrrole nitrogens is 1. The lowest BCUT2D eigenvalue weighted by Crippen LogP contribution is -2.16. The molecule has 20 heavy (non-hydrogen) atoms. The maximum atomic E-state index is 13.1. The van der Waals surface area contributed by atoms with Crippen molar-refractivity contribution in [2.45, 2.75) is 6.92 Å². The Hall–Kier alpha value is -2.69. The first-order valence-corrected chi connectivity index (χ1v) is 5.98. The SMILES string of the molecule is Cc1cc2c(c(=O)[nH]1)C(=O)O/C2=C\c1cccc(F)c1. The predicted octanol–water partition coefficient (Wildman–Crippen LogP) is 2.49. The molecule has 3 rings (SSSR count). The number of pyridine rings is 1. The van der Waals surface area contributed by atoms with Gasteiger partial charge in [-0.3, -0.25) is 4.79 Å². The summed E-state index contributed by atoms with van der Waals surface area (Å²) >= 11 is 0. The van der Waals surface area contributed by atoms with Crippen molar-refractivity contribution in [1.29, 1.82) is 0 Å². The highest BCUT2D eigenvalue weighted by Gasteiger charge is 2.29. The number of halogens is 1. The highest BCUT2D eigenvalue weighted by Crippen LogP contribution is 2.29. The van der Waals surface area contributed by atoms with Gasteiger partial charge in [0.1, 0.15) is 17.1 Å². The van der Waals surface area contributed by atoms with E-state index >= 15 is 0 Å². The van der Waals surface area contributed by atoms with Crippen LogP contribution in [0.5, 0.6) is 0 Å². The quantitative estimate of drug-likeness (QED) is 0.811. The van der Waals surface area contributed by atoms with E-state index in [1.807, 2.05) is 0 Å². The zero-order valence-corrected chi connectivity index (χ0v) is 10.6. The van der Waals surface area contributed by atoms with Gasteiger partial charge in [0.2, 0.25) is 0 Å². The van der Waals surface area contributed by atoms with Gasteiger partial charge < -0.3 is 9.72 Å². The van der Waals surface area contributed by atoms with Crippen LogP contribution in [0, 0.1) is 12.7 Å². The molecule has 1 aliphatic heterocycles. The summed E-state index contributed by atoms with van der Waals surface area (Å²) in [7, 11) is 0. The molecule has 5 heteroatoms. The number of hydrogen-bond acceptors (Lipinski definition) is 3. The van der Waals surface area contributed by atoms with E-state index in [9.17, 15) is 14.0 Å². The topological polar surface area (TPSA) is 59.2 Å². The van der Waals surface area contributed by atoms with Crippen LogP contribution in [0.3, 0.4) is 0 Å². The minimum Gasteiger partial charge on any atom is -0.422 e. The summed E-state index contributed by atoms with van der Waals surface area (Å²) in [5.74, 6) is -0.820. The number of nitrogens with one attached hydrogen (secondary N) is 1. The Morgan fingerprint density at radius 1 is 1.25 bits per heavy atom. The second-order valence-corrected chi connectivity index (χ2v) is 4.52. The maximum absolute atomic E-state index is 13.1. The average Bonchev–Trinajstić information content (AvgIpc) is 2.66. The number of aromatic nitrogens is 1. The Labute approximate surface area is 113 Å². The summed E-state index contributed by atoms with van der Waals surface area (Å²) in [5, 5.41) is 0. The molecular formula is C15H10FNO3. The van der Waals surface area contributed by atoms with Crippen molar-refractivity contribution in [3.05, 3.63) is 68.9 Å². The first kappa shape index (κ1) is 12.3. The molecule has 1 aliphatic rings. The van der Waals surface area contributed by atoms with Crippen LogP contribution >= 0.6 is 0 Å². The normalized spacial score (nSPS) is 15.3. The van der Waals surface area contributed by atoms with E-state index in [0.717, 1.165) is 0 Å². The highest BCUT2D eigenvalue weighted by molar-refractivity contribution is 6.05. The summed E-state index contributed by atoms with van der Waals surface area (Å²) in [6.07, 6.45) is 1.53. The van der Waals surface area contributed by atoms with E-state index in [2.05, 4.69) is 4.98 Å². The lowest BCUT2D eigenvalue weighted by Gasteiger charge is -2.00. The van der Waals surface area contributed by atoms with Gasteiger partial charge in [0, 0.05) is 11.3 Å². The molecule has 0 saturated carbocycles. The van der Waals surface area contributed by atoms with Crippen molar-refractivity contribution in [3.8, 4) is 0 Å². The molecule has 0 saturated heterocycles. The average molecular weight is 271 g/mol. The molecule has 1 aromatic carbocycles. The fourth-order valence-corrected chi connectivity index (χ4v) is 2.15. The molecule has 0 amide bonds. The van der Waals surface area contributed by atoms with E-state index in [-0.39, 0.29) is 17.1 Å². The molecule has 0 aliphatic carbocycles. The van der Waals surface area contributed by atoms with Gasteiger partial charge in [-0.25, -0.2) is 9.18 Å². The van der Waals surface area contributed by atoms with Gasteiger partial charge in [-0.1, -0.05) is 12.1 Å². The summed E-state index contributed by atoms with van der Waals surface area (Å²) in [6, 6.07) is 7.54. The highest BCUT2D eigenvalue weighted by atomic mass is 19.1. The lowest BCUT2D eigenvalue weighted by atomic mass is 10.1. The first-order chi connectivity index (χ1) is 9.54. The fraction of sp³-hybridized carbons (Fsp3) is 0.0667. The van der Waals surface area contributed by atoms with Crippen LogP contribution in [-0.4, -0.2) is 11.0 Å². The summed E-state index contributed by atoms with van der Waals surface area (Å²) in [4.78, 5) is 26.0. The van der Waals surface area contributed by atoms with Crippen molar-refractivity contribution in [2.24, 2.45) is 0 Å². The maximum Gasteiger partial charge on any atom is 0.349 e. The van der Waals surface area contributed by atoms with Crippen LogP contribution in [0.4, 0.5) is 4.39 Å². The van der Waals surface area contributed by atoms with Crippen LogP contribution in [0.2, 0.25) is 0 Å². The molecule has 0 fully saturated rings. The molecule has 0 bridgehead atoms. The second kappa shape index (κ2) is 4.45. The number of ether oxygens (including phenoxy) is 1. The van der Waals surface area contributed by atoms with Crippen LogP contribution < -0.4 is 5.56 Å². The zero-order valence-electron chi connectivity index (χ0n) is 10.6. The Kier molecular flexibility index (Phi) is 2.75. The third-order valence-corrected chi connectivity index (χ3v) is 2.99. The monoisotopic (exact) mass is 271 g/mol. The lowest BCUT2D eigenvalue weighted by molar-refractivity contribution is 0.0715. The van der Waals surface area contributed by atoms with Crippen LogP contribution in [-0.2, 0) is 4.74 Å². The van der Waals surface area contributed by atoms with Crippen molar-refractivity contribution in [2.75, 3.05) is 0 Å². The largest absolute Gasteiger partial charge is 0.422 e. The smallest absolute Gasteiger partial charge is 0.349 e. The molecule has 0 radical (unpaired) electrons. The number of fused-ring (bicyclic) bond motifs is 1. The van der Waals surface area contributed by atoms with E-state index in [0.29, 0.717) is 16.8 Å². The third-order valence-electron chi connectivity index (χ3n) is 2.99. The molecule has 100 valence electrons. The van der Waals surface area contributed by atoms with Gasteiger partial charge in [0.25, 0.3) is 5.56 Å². The summed E-state index contributed by atoms with van der Waals surface area (Å²) in [6.45, 7) is 1.71. The third kappa shape index (κ3) is 2.03. The Balaban J connectivity index is 2.16. The number of esters is 1. The van der Waals surface area contributed by atoms with E-state index in [1.54, 1.807) is 25.1 Å². The number of aryl methyl sites for hydroxylation is 1. The molecule has 0 atom stereocenters. The molecule has 4 nitrogen and oxygen atoms in total. The van der Waals surface area contributed by atoms with Crippen molar-refractivity contribution in [3.63, 3.8) is 0 Å². The molecule has 0 spiro atoms. The van der Waals surface area contributed by atoms with Crippen molar-refractivity contribution in [1.82, 2.24) is 4.98 Å². The summed E-state index contributed by atoms with van der Waals surface area (Å²) in [5.41, 5.74) is 1.11. The number of benzene rings is 1. The fourth-order valence-electron chi connectivity index (χ4n) is 2.15. The number of cyclic esters (lactones) is 1. The molecular weight excluding hydrogens is 261 g/mol. The van der Waals surface area contributed by atoms with Gasteiger partial charge >= 0.3 is 5.97 Å².